The normalized spacial score (nSPS) is 11.9. The van der Waals surface area contributed by atoms with Crippen molar-refractivity contribution in [1.29, 1.82) is 5.26 Å². The summed E-state index contributed by atoms with van der Waals surface area (Å²) in [4.78, 5) is 4.94. The first-order valence-corrected chi connectivity index (χ1v) is 14.3. The standard InChI is InChI=1S/C40H22N2O/c41-22-26-14-18-34-33-17-13-25(20-39(33)43-38-11-5-10-29(26)40(34)38)37-19-15-27(23-42-37)35-21-36-28-7-2-1-6-24(28)12-16-32(36)30-8-3-4-9-31(30)35/h1-21,23H. The Morgan fingerprint density at radius 2 is 1.28 bits per heavy atom. The second-order valence-electron chi connectivity index (χ2n) is 11.0. The van der Waals surface area contributed by atoms with Gasteiger partial charge in [0.15, 0.2) is 0 Å². The summed E-state index contributed by atoms with van der Waals surface area (Å²) in [6, 6.07) is 46.6. The van der Waals surface area contributed by atoms with E-state index in [4.69, 9.17) is 9.72 Å². The minimum absolute atomic E-state index is 0.654. The lowest BCUT2D eigenvalue weighted by atomic mass is 9.91. The lowest BCUT2D eigenvalue weighted by Gasteiger charge is -2.22. The van der Waals surface area contributed by atoms with Crippen LogP contribution in [-0.2, 0) is 0 Å². The van der Waals surface area contributed by atoms with E-state index >= 15 is 0 Å². The molecule has 198 valence electrons. The number of ether oxygens (including phenoxy) is 1. The van der Waals surface area contributed by atoms with Gasteiger partial charge < -0.3 is 4.74 Å². The Hall–Kier alpha value is -5.98. The zero-order valence-corrected chi connectivity index (χ0v) is 23.0. The van der Waals surface area contributed by atoms with Gasteiger partial charge in [-0.3, -0.25) is 4.98 Å². The quantitative estimate of drug-likeness (QED) is 0.203. The van der Waals surface area contributed by atoms with Gasteiger partial charge in [-0.05, 0) is 79.8 Å². The number of hydrogen-bond acceptors (Lipinski definition) is 3. The lowest BCUT2D eigenvalue weighted by molar-refractivity contribution is 0.487. The van der Waals surface area contributed by atoms with E-state index in [1.807, 2.05) is 36.5 Å². The largest absolute Gasteiger partial charge is 0.456 e. The molecule has 0 fully saturated rings. The Balaban J connectivity index is 1.15. The second kappa shape index (κ2) is 9.01. The van der Waals surface area contributed by atoms with Crippen molar-refractivity contribution in [2.45, 2.75) is 0 Å². The van der Waals surface area contributed by atoms with Crippen LogP contribution in [0, 0.1) is 11.3 Å². The maximum Gasteiger partial charge on any atom is 0.135 e. The van der Waals surface area contributed by atoms with E-state index in [-0.39, 0.29) is 0 Å². The van der Waals surface area contributed by atoms with Crippen LogP contribution < -0.4 is 4.74 Å². The maximum atomic E-state index is 9.60. The highest BCUT2D eigenvalue weighted by Gasteiger charge is 2.22. The maximum absolute atomic E-state index is 9.60. The molecule has 3 heteroatoms. The molecule has 0 radical (unpaired) electrons. The average Bonchev–Trinajstić information content (AvgIpc) is 3.07. The molecule has 0 bridgehead atoms. The zero-order chi connectivity index (χ0) is 28.5. The molecule has 0 saturated carbocycles. The van der Waals surface area contributed by atoms with Crippen molar-refractivity contribution in [3.05, 3.63) is 139 Å². The minimum Gasteiger partial charge on any atom is -0.456 e. The first kappa shape index (κ1) is 23.7. The summed E-state index contributed by atoms with van der Waals surface area (Å²) in [5, 5.41) is 19.0. The highest BCUT2D eigenvalue weighted by Crippen LogP contribution is 2.48. The predicted molar refractivity (Wildman–Crippen MR) is 175 cm³/mol. The number of rotatable bonds is 2. The van der Waals surface area contributed by atoms with E-state index in [1.165, 1.54) is 37.9 Å². The van der Waals surface area contributed by atoms with Crippen LogP contribution in [0.15, 0.2) is 134 Å². The summed E-state index contributed by atoms with van der Waals surface area (Å²) in [5.41, 5.74) is 6.88. The van der Waals surface area contributed by atoms with Gasteiger partial charge in [0, 0.05) is 33.7 Å². The minimum atomic E-state index is 0.654. The molecular formula is C40H22N2O. The summed E-state index contributed by atoms with van der Waals surface area (Å²) < 4.78 is 6.39. The van der Waals surface area contributed by atoms with Gasteiger partial charge in [0.05, 0.1) is 17.3 Å². The van der Waals surface area contributed by atoms with E-state index in [2.05, 4.69) is 103 Å². The summed E-state index contributed by atoms with van der Waals surface area (Å²) in [5.74, 6) is 1.56. The van der Waals surface area contributed by atoms with Gasteiger partial charge in [-0.15, -0.1) is 0 Å². The van der Waals surface area contributed by atoms with Crippen molar-refractivity contribution in [2.75, 3.05) is 0 Å². The van der Waals surface area contributed by atoms with Crippen molar-refractivity contribution in [1.82, 2.24) is 4.98 Å². The molecule has 2 heterocycles. The SMILES string of the molecule is N#Cc1ccc2c3c(cccc13)Oc1cc(-c3ccc(-c4cc5c6ccccc6ccc5c5ccccc45)cn3)ccc1-2. The number of aromatic nitrogens is 1. The molecule has 0 unspecified atom stereocenters. The molecule has 0 amide bonds. The number of fused-ring (bicyclic) bond motifs is 7. The van der Waals surface area contributed by atoms with Crippen molar-refractivity contribution in [2.24, 2.45) is 0 Å². The van der Waals surface area contributed by atoms with Gasteiger partial charge in [-0.25, -0.2) is 0 Å². The summed E-state index contributed by atoms with van der Waals surface area (Å²) >= 11 is 0. The highest BCUT2D eigenvalue weighted by atomic mass is 16.5. The van der Waals surface area contributed by atoms with Crippen LogP contribution in [0.5, 0.6) is 11.5 Å². The molecule has 0 spiro atoms. The van der Waals surface area contributed by atoms with E-state index in [0.717, 1.165) is 50.2 Å². The first-order valence-electron chi connectivity index (χ1n) is 14.3. The number of pyridine rings is 1. The Bertz CT molecular complexity index is 2490. The van der Waals surface area contributed by atoms with Crippen LogP contribution in [0.2, 0.25) is 0 Å². The Kier molecular flexibility index (Phi) is 4.97. The smallest absolute Gasteiger partial charge is 0.135 e. The van der Waals surface area contributed by atoms with Crippen LogP contribution in [0.25, 0.3) is 76.6 Å². The van der Waals surface area contributed by atoms with Crippen molar-refractivity contribution in [3.8, 4) is 51.1 Å². The number of nitrogens with zero attached hydrogens (tertiary/aromatic N) is 2. The van der Waals surface area contributed by atoms with Gasteiger partial charge >= 0.3 is 0 Å². The second-order valence-corrected chi connectivity index (χ2v) is 11.0. The molecule has 0 saturated heterocycles. The van der Waals surface area contributed by atoms with Crippen molar-refractivity contribution in [3.63, 3.8) is 0 Å². The van der Waals surface area contributed by atoms with Crippen LogP contribution in [-0.4, -0.2) is 4.98 Å². The molecule has 1 aliphatic rings. The van der Waals surface area contributed by atoms with Gasteiger partial charge in [0.25, 0.3) is 0 Å². The third-order valence-corrected chi connectivity index (χ3v) is 8.75. The van der Waals surface area contributed by atoms with Crippen LogP contribution in [0.3, 0.4) is 0 Å². The molecule has 7 aromatic carbocycles. The summed E-state index contributed by atoms with van der Waals surface area (Å²) in [6.07, 6.45) is 1.98. The van der Waals surface area contributed by atoms with Gasteiger partial charge in [0.2, 0.25) is 0 Å². The fourth-order valence-corrected chi connectivity index (χ4v) is 6.71. The fraction of sp³-hybridized carbons (Fsp3) is 0. The Morgan fingerprint density at radius 1 is 0.512 bits per heavy atom. The predicted octanol–water partition coefficient (Wildman–Crippen LogP) is 10.7. The number of hydrogen-bond donors (Lipinski definition) is 0. The molecule has 1 aliphatic heterocycles. The van der Waals surface area contributed by atoms with Gasteiger partial charge in [0.1, 0.15) is 11.5 Å². The fourth-order valence-electron chi connectivity index (χ4n) is 6.71. The molecule has 0 N–H and O–H groups in total. The molecule has 8 aromatic rings. The zero-order valence-electron chi connectivity index (χ0n) is 23.0. The number of benzene rings is 7. The van der Waals surface area contributed by atoms with E-state index in [1.54, 1.807) is 0 Å². The van der Waals surface area contributed by atoms with Crippen molar-refractivity contribution >= 4 is 43.1 Å². The van der Waals surface area contributed by atoms with Crippen molar-refractivity contribution < 1.29 is 4.74 Å². The molecular weight excluding hydrogens is 524 g/mol. The van der Waals surface area contributed by atoms with Crippen LogP contribution >= 0.6 is 0 Å². The highest BCUT2D eigenvalue weighted by molar-refractivity contribution is 6.21. The third kappa shape index (κ3) is 3.51. The lowest BCUT2D eigenvalue weighted by Crippen LogP contribution is -1.98. The Labute approximate surface area is 247 Å². The molecule has 9 rings (SSSR count). The average molecular weight is 547 g/mol. The number of nitriles is 1. The Morgan fingerprint density at radius 3 is 2.14 bits per heavy atom. The van der Waals surface area contributed by atoms with Crippen LogP contribution in [0.1, 0.15) is 5.56 Å². The topological polar surface area (TPSA) is 45.9 Å². The first-order chi connectivity index (χ1) is 21.3. The molecule has 3 nitrogen and oxygen atoms in total. The molecule has 43 heavy (non-hydrogen) atoms. The van der Waals surface area contributed by atoms with E-state index in [9.17, 15) is 5.26 Å². The molecule has 1 aromatic heterocycles. The summed E-state index contributed by atoms with van der Waals surface area (Å²) in [7, 11) is 0. The van der Waals surface area contributed by atoms with E-state index < -0.39 is 0 Å². The van der Waals surface area contributed by atoms with Gasteiger partial charge in [-0.2, -0.15) is 5.26 Å². The third-order valence-electron chi connectivity index (χ3n) is 8.75. The molecule has 0 aliphatic carbocycles. The molecule has 0 atom stereocenters. The van der Waals surface area contributed by atoms with E-state index in [0.29, 0.717) is 5.56 Å². The monoisotopic (exact) mass is 546 g/mol. The van der Waals surface area contributed by atoms with Crippen LogP contribution in [0.4, 0.5) is 0 Å². The van der Waals surface area contributed by atoms with Gasteiger partial charge in [-0.1, -0.05) is 91.0 Å². The summed E-state index contributed by atoms with van der Waals surface area (Å²) in [6.45, 7) is 0.